The number of nitrogens with zero attached hydrogens (tertiary/aromatic N) is 4. The first-order chi connectivity index (χ1) is 13.2. The van der Waals surface area contributed by atoms with E-state index in [1.165, 1.54) is 13.2 Å². The van der Waals surface area contributed by atoms with E-state index < -0.39 is 11.9 Å². The first-order valence-electron chi connectivity index (χ1n) is 8.24. The number of aromatic nitrogens is 4. The van der Waals surface area contributed by atoms with Crippen LogP contribution < -0.4 is 5.32 Å². The molecule has 1 amide bonds. The third-order valence-electron chi connectivity index (χ3n) is 4.38. The number of hydrogen-bond acceptors (Lipinski definition) is 4. The number of aryl methyl sites for hydroxylation is 2. The maximum Gasteiger partial charge on any atom is 0.354 e. The number of rotatable bonds is 5. The molecule has 2 aromatic heterocycles. The fourth-order valence-electron chi connectivity index (χ4n) is 2.90. The third kappa shape index (κ3) is 3.61. The van der Waals surface area contributed by atoms with Gasteiger partial charge in [0.1, 0.15) is 0 Å². The summed E-state index contributed by atoms with van der Waals surface area (Å²) >= 11 is 12.5. The smallest absolute Gasteiger partial charge is 0.354 e. The minimum Gasteiger partial charge on any atom is -0.477 e. The Morgan fingerprint density at radius 1 is 1.21 bits per heavy atom. The van der Waals surface area contributed by atoms with Crippen LogP contribution in [0.25, 0.3) is 0 Å². The Kier molecular flexibility index (Phi) is 5.44. The summed E-state index contributed by atoms with van der Waals surface area (Å²) in [6.45, 7) is 3.87. The van der Waals surface area contributed by atoms with Gasteiger partial charge in [0.25, 0.3) is 5.91 Å². The highest BCUT2D eigenvalue weighted by atomic mass is 35.5. The molecule has 8 nitrogen and oxygen atoms in total. The minimum absolute atomic E-state index is 0.0318. The number of benzene rings is 1. The zero-order valence-corrected chi connectivity index (χ0v) is 16.8. The van der Waals surface area contributed by atoms with Crippen LogP contribution in [0.5, 0.6) is 0 Å². The SMILES string of the molecule is Cc1nn(Cc2c(Cl)cccc2Cl)c(C)c1NC(=O)c1cnn(C)c1C(=O)O. The van der Waals surface area contributed by atoms with E-state index in [-0.39, 0.29) is 11.3 Å². The van der Waals surface area contributed by atoms with E-state index in [1.807, 2.05) is 0 Å². The van der Waals surface area contributed by atoms with Crippen molar-refractivity contribution in [1.29, 1.82) is 0 Å². The normalized spacial score (nSPS) is 10.9. The van der Waals surface area contributed by atoms with Gasteiger partial charge >= 0.3 is 5.97 Å². The van der Waals surface area contributed by atoms with Crippen molar-refractivity contribution >= 4 is 40.8 Å². The van der Waals surface area contributed by atoms with Crippen molar-refractivity contribution in [3.8, 4) is 0 Å². The first kappa shape index (κ1) is 19.9. The van der Waals surface area contributed by atoms with Crippen LogP contribution in [0.15, 0.2) is 24.4 Å². The predicted octanol–water partition coefficient (Wildman–Crippen LogP) is 3.54. The molecular weight excluding hydrogens is 405 g/mol. The third-order valence-corrected chi connectivity index (χ3v) is 5.08. The van der Waals surface area contributed by atoms with Gasteiger partial charge in [-0.3, -0.25) is 14.2 Å². The van der Waals surface area contributed by atoms with Gasteiger partial charge in [0.2, 0.25) is 0 Å². The van der Waals surface area contributed by atoms with E-state index in [1.54, 1.807) is 36.7 Å². The number of hydrogen-bond donors (Lipinski definition) is 2. The summed E-state index contributed by atoms with van der Waals surface area (Å²) in [6, 6.07) is 5.24. The zero-order valence-electron chi connectivity index (χ0n) is 15.3. The molecule has 3 aromatic rings. The van der Waals surface area contributed by atoms with Crippen molar-refractivity contribution < 1.29 is 14.7 Å². The van der Waals surface area contributed by atoms with Crippen molar-refractivity contribution in [3.05, 3.63) is 62.6 Å². The average Bonchev–Trinajstić information content (AvgIpc) is 3.13. The second-order valence-corrected chi connectivity index (χ2v) is 7.01. The molecule has 0 saturated heterocycles. The molecule has 2 N–H and O–H groups in total. The molecule has 1 aromatic carbocycles. The quantitative estimate of drug-likeness (QED) is 0.655. The molecule has 0 unspecified atom stereocenters. The van der Waals surface area contributed by atoms with E-state index in [4.69, 9.17) is 23.2 Å². The first-order valence-corrected chi connectivity index (χ1v) is 8.99. The largest absolute Gasteiger partial charge is 0.477 e. The molecule has 0 saturated carbocycles. The lowest BCUT2D eigenvalue weighted by atomic mass is 10.2. The van der Waals surface area contributed by atoms with Crippen molar-refractivity contribution in [3.63, 3.8) is 0 Å². The number of amides is 1. The fraction of sp³-hybridized carbons (Fsp3) is 0.222. The molecule has 0 aliphatic carbocycles. The molecule has 0 radical (unpaired) electrons. The van der Waals surface area contributed by atoms with E-state index >= 15 is 0 Å². The van der Waals surface area contributed by atoms with Crippen molar-refractivity contribution in [2.24, 2.45) is 7.05 Å². The summed E-state index contributed by atoms with van der Waals surface area (Å²) in [4.78, 5) is 24.0. The van der Waals surface area contributed by atoms with Gasteiger partial charge in [-0.05, 0) is 26.0 Å². The van der Waals surface area contributed by atoms with Gasteiger partial charge in [-0.15, -0.1) is 0 Å². The van der Waals surface area contributed by atoms with Crippen LogP contribution in [0.3, 0.4) is 0 Å². The highest BCUT2D eigenvalue weighted by Crippen LogP contribution is 2.27. The van der Waals surface area contributed by atoms with Crippen LogP contribution in [0, 0.1) is 13.8 Å². The Morgan fingerprint density at radius 2 is 1.86 bits per heavy atom. The number of carboxylic acid groups (broad SMARTS) is 1. The molecule has 10 heteroatoms. The van der Waals surface area contributed by atoms with Gasteiger partial charge in [-0.2, -0.15) is 10.2 Å². The Bertz CT molecular complexity index is 1070. The number of carbonyl (C=O) groups is 2. The molecular formula is C18H17Cl2N5O3. The maximum absolute atomic E-state index is 12.6. The van der Waals surface area contributed by atoms with Crippen molar-refractivity contribution in [2.45, 2.75) is 20.4 Å². The number of halogens is 2. The van der Waals surface area contributed by atoms with Crippen LogP contribution >= 0.6 is 23.2 Å². The van der Waals surface area contributed by atoms with Gasteiger partial charge in [0.05, 0.1) is 35.4 Å². The van der Waals surface area contributed by atoms with Crippen LogP contribution in [0.4, 0.5) is 5.69 Å². The zero-order chi connectivity index (χ0) is 20.6. The molecule has 0 fully saturated rings. The molecule has 0 aliphatic rings. The number of anilines is 1. The Labute approximate surface area is 170 Å². The molecule has 0 bridgehead atoms. The highest BCUT2D eigenvalue weighted by Gasteiger charge is 2.23. The van der Waals surface area contributed by atoms with Crippen molar-refractivity contribution in [2.75, 3.05) is 5.32 Å². The number of aromatic carboxylic acids is 1. The van der Waals surface area contributed by atoms with E-state index in [9.17, 15) is 14.7 Å². The van der Waals surface area contributed by atoms with Gasteiger partial charge in [0.15, 0.2) is 5.69 Å². The summed E-state index contributed by atoms with van der Waals surface area (Å²) in [7, 11) is 1.46. The van der Waals surface area contributed by atoms with E-state index in [0.717, 1.165) is 10.2 Å². The monoisotopic (exact) mass is 421 g/mol. The number of nitrogens with one attached hydrogen (secondary N) is 1. The van der Waals surface area contributed by atoms with Gasteiger partial charge in [-0.25, -0.2) is 4.79 Å². The molecule has 146 valence electrons. The molecule has 0 atom stereocenters. The second-order valence-electron chi connectivity index (χ2n) is 6.19. The lowest BCUT2D eigenvalue weighted by molar-refractivity contribution is 0.0680. The van der Waals surface area contributed by atoms with Crippen LogP contribution in [-0.2, 0) is 13.6 Å². The van der Waals surface area contributed by atoms with E-state index in [0.29, 0.717) is 33.7 Å². The summed E-state index contributed by atoms with van der Waals surface area (Å²) in [5, 5.41) is 21.4. The van der Waals surface area contributed by atoms with Gasteiger partial charge < -0.3 is 10.4 Å². The Hall–Kier alpha value is -2.84. The summed E-state index contributed by atoms with van der Waals surface area (Å²) < 4.78 is 2.82. The topological polar surface area (TPSA) is 102 Å². The predicted molar refractivity (Wildman–Crippen MR) is 105 cm³/mol. The summed E-state index contributed by atoms with van der Waals surface area (Å²) in [5.41, 5.74) is 2.25. The van der Waals surface area contributed by atoms with E-state index in [2.05, 4.69) is 15.5 Å². The Balaban J connectivity index is 1.91. The standard InChI is InChI=1S/C18H17Cl2N5O3/c1-9-15(22-17(26)11-7-21-24(3)16(11)18(27)28)10(2)25(23-9)8-12-13(19)5-4-6-14(12)20/h4-7H,8H2,1-3H3,(H,22,26)(H,27,28). The van der Waals surface area contributed by atoms with Crippen LogP contribution in [0.2, 0.25) is 10.0 Å². The lowest BCUT2D eigenvalue weighted by Crippen LogP contribution is -2.18. The molecule has 0 aliphatic heterocycles. The Morgan fingerprint density at radius 3 is 2.46 bits per heavy atom. The van der Waals surface area contributed by atoms with Crippen molar-refractivity contribution in [1.82, 2.24) is 19.6 Å². The molecule has 28 heavy (non-hydrogen) atoms. The minimum atomic E-state index is -1.23. The highest BCUT2D eigenvalue weighted by molar-refractivity contribution is 6.36. The fourth-order valence-corrected chi connectivity index (χ4v) is 3.42. The molecule has 3 rings (SSSR count). The number of carboxylic acids is 1. The lowest BCUT2D eigenvalue weighted by Gasteiger charge is -2.10. The average molecular weight is 422 g/mol. The summed E-state index contributed by atoms with van der Waals surface area (Å²) in [5.74, 6) is -1.81. The molecule has 2 heterocycles. The van der Waals surface area contributed by atoms with Gasteiger partial charge in [0, 0.05) is 22.7 Å². The maximum atomic E-state index is 12.6. The summed E-state index contributed by atoms with van der Waals surface area (Å²) in [6.07, 6.45) is 1.22. The number of carbonyl (C=O) groups excluding carboxylic acids is 1. The van der Waals surface area contributed by atoms with Gasteiger partial charge in [-0.1, -0.05) is 29.3 Å². The van der Waals surface area contributed by atoms with Crippen LogP contribution in [0.1, 0.15) is 37.8 Å². The molecule has 0 spiro atoms. The second kappa shape index (κ2) is 7.65. The van der Waals surface area contributed by atoms with Crippen LogP contribution in [-0.4, -0.2) is 36.5 Å².